The summed E-state index contributed by atoms with van der Waals surface area (Å²) in [6, 6.07) is 7.07. The molecule has 106 valence electrons. The topological polar surface area (TPSA) is 83.5 Å². The van der Waals surface area contributed by atoms with Crippen molar-refractivity contribution in [3.63, 3.8) is 0 Å². The van der Waals surface area contributed by atoms with E-state index in [0.29, 0.717) is 18.5 Å². The molecule has 0 bridgehead atoms. The highest BCUT2D eigenvalue weighted by Gasteiger charge is 2.37. The lowest BCUT2D eigenvalue weighted by atomic mass is 9.95. The molecule has 5 heteroatoms. The molecule has 1 aromatic carbocycles. The summed E-state index contributed by atoms with van der Waals surface area (Å²) in [4.78, 5) is 34.3. The van der Waals surface area contributed by atoms with Crippen LogP contribution in [0.5, 0.6) is 0 Å². The van der Waals surface area contributed by atoms with Crippen molar-refractivity contribution in [2.45, 2.75) is 32.1 Å². The van der Waals surface area contributed by atoms with Crippen LogP contribution in [0.25, 0.3) is 0 Å². The lowest BCUT2D eigenvalue weighted by molar-refractivity contribution is -0.142. The number of carboxylic acids is 1. The lowest BCUT2D eigenvalue weighted by Crippen LogP contribution is -2.11. The summed E-state index contributed by atoms with van der Waals surface area (Å²) < 4.78 is 0. The number of benzene rings is 1. The Bertz CT molecular complexity index is 553. The quantitative estimate of drug-likeness (QED) is 0.882. The fraction of sp³-hybridized carbons (Fsp3) is 0.400. The van der Waals surface area contributed by atoms with Crippen LogP contribution in [0.15, 0.2) is 24.3 Å². The number of anilines is 1. The highest BCUT2D eigenvalue weighted by Crippen LogP contribution is 2.36. The van der Waals surface area contributed by atoms with E-state index in [4.69, 9.17) is 5.11 Å². The van der Waals surface area contributed by atoms with Gasteiger partial charge in [0.05, 0.1) is 5.92 Å². The second kappa shape index (κ2) is 5.86. The molecule has 2 atom stereocenters. The van der Waals surface area contributed by atoms with Crippen LogP contribution < -0.4 is 5.32 Å². The Morgan fingerprint density at radius 3 is 2.75 bits per heavy atom. The van der Waals surface area contributed by atoms with Gasteiger partial charge in [-0.25, -0.2) is 0 Å². The molecule has 2 N–H and O–H groups in total. The molecule has 1 saturated carbocycles. The molecule has 1 aliphatic carbocycles. The maximum atomic E-state index is 11.9. The monoisotopic (exact) mass is 275 g/mol. The molecule has 0 saturated heterocycles. The maximum Gasteiger partial charge on any atom is 0.306 e. The first-order chi connectivity index (χ1) is 9.51. The van der Waals surface area contributed by atoms with Crippen LogP contribution >= 0.6 is 0 Å². The molecule has 1 amide bonds. The van der Waals surface area contributed by atoms with Crippen molar-refractivity contribution < 1.29 is 19.5 Å². The number of hydrogen-bond donors (Lipinski definition) is 2. The second-order valence-corrected chi connectivity index (χ2v) is 5.02. The maximum absolute atomic E-state index is 11.9. The number of Topliss-reactive ketones (excluding diaryl/α,β-unsaturated/α-hetero) is 1. The van der Waals surface area contributed by atoms with Crippen molar-refractivity contribution >= 4 is 23.3 Å². The molecule has 0 heterocycles. The highest BCUT2D eigenvalue weighted by molar-refractivity contribution is 5.94. The Hall–Kier alpha value is -2.17. The fourth-order valence-electron chi connectivity index (χ4n) is 2.48. The van der Waals surface area contributed by atoms with Crippen LogP contribution in [0.1, 0.15) is 37.7 Å². The number of hydrogen-bond acceptors (Lipinski definition) is 3. The van der Waals surface area contributed by atoms with Gasteiger partial charge in [0.1, 0.15) is 5.78 Å². The summed E-state index contributed by atoms with van der Waals surface area (Å²) in [6.07, 6.45) is 0.804. The van der Waals surface area contributed by atoms with Crippen molar-refractivity contribution in [1.82, 2.24) is 0 Å². The van der Waals surface area contributed by atoms with Crippen LogP contribution in [-0.2, 0) is 14.4 Å². The molecule has 0 aromatic heterocycles. The van der Waals surface area contributed by atoms with Crippen LogP contribution in [0.2, 0.25) is 0 Å². The molecule has 0 aliphatic heterocycles. The molecule has 1 fully saturated rings. The summed E-state index contributed by atoms with van der Waals surface area (Å²) in [7, 11) is 0. The average molecular weight is 275 g/mol. The summed E-state index contributed by atoms with van der Waals surface area (Å²) in [5.41, 5.74) is 1.41. The van der Waals surface area contributed by atoms with E-state index >= 15 is 0 Å². The third kappa shape index (κ3) is 3.04. The number of rotatable bonds is 4. The predicted molar refractivity (Wildman–Crippen MR) is 73.5 cm³/mol. The largest absolute Gasteiger partial charge is 0.481 e. The van der Waals surface area contributed by atoms with E-state index in [1.165, 1.54) is 0 Å². The summed E-state index contributed by atoms with van der Waals surface area (Å²) in [5.74, 6) is -2.04. The summed E-state index contributed by atoms with van der Waals surface area (Å²) in [5, 5.41) is 11.7. The average Bonchev–Trinajstić information content (AvgIpc) is 2.81. The third-order valence-electron chi connectivity index (χ3n) is 3.60. The molecule has 20 heavy (non-hydrogen) atoms. The van der Waals surface area contributed by atoms with Gasteiger partial charge in [-0.1, -0.05) is 19.1 Å². The molecule has 2 rings (SSSR count). The number of nitrogens with one attached hydrogen (secondary N) is 1. The third-order valence-corrected chi connectivity index (χ3v) is 3.60. The van der Waals surface area contributed by atoms with E-state index in [1.54, 1.807) is 31.2 Å². The number of ketones is 1. The van der Waals surface area contributed by atoms with E-state index in [9.17, 15) is 14.4 Å². The van der Waals surface area contributed by atoms with Crippen LogP contribution in [0, 0.1) is 5.92 Å². The van der Waals surface area contributed by atoms with Gasteiger partial charge in [-0.3, -0.25) is 14.4 Å². The molecule has 1 aliphatic rings. The Balaban J connectivity index is 2.17. The van der Waals surface area contributed by atoms with Gasteiger partial charge in [-0.2, -0.15) is 0 Å². The first-order valence-corrected chi connectivity index (χ1v) is 6.66. The van der Waals surface area contributed by atoms with Crippen LogP contribution in [-0.4, -0.2) is 22.8 Å². The number of aliphatic carboxylic acids is 1. The van der Waals surface area contributed by atoms with Crippen molar-refractivity contribution in [3.8, 4) is 0 Å². The molecular formula is C15H17NO4. The molecule has 1 aromatic rings. The molecule has 5 nitrogen and oxygen atoms in total. The van der Waals surface area contributed by atoms with E-state index in [1.807, 2.05) is 0 Å². The lowest BCUT2D eigenvalue weighted by Gasteiger charge is -2.11. The van der Waals surface area contributed by atoms with E-state index in [2.05, 4.69) is 5.32 Å². The van der Waals surface area contributed by atoms with Gasteiger partial charge in [-0.15, -0.1) is 0 Å². The van der Waals surface area contributed by atoms with Crippen LogP contribution in [0.3, 0.4) is 0 Å². The van der Waals surface area contributed by atoms with Crippen molar-refractivity contribution in [3.05, 3.63) is 29.8 Å². The van der Waals surface area contributed by atoms with Gasteiger partial charge in [0, 0.05) is 24.4 Å². The Kier molecular flexibility index (Phi) is 4.17. The zero-order valence-electron chi connectivity index (χ0n) is 11.3. The van der Waals surface area contributed by atoms with Gasteiger partial charge in [-0.05, 0) is 24.1 Å². The zero-order valence-corrected chi connectivity index (χ0v) is 11.3. The van der Waals surface area contributed by atoms with Gasteiger partial charge < -0.3 is 10.4 Å². The number of carbonyl (C=O) groups excluding carboxylic acids is 2. The summed E-state index contributed by atoms with van der Waals surface area (Å²) >= 11 is 0. The van der Waals surface area contributed by atoms with Crippen molar-refractivity contribution in [1.29, 1.82) is 0 Å². The highest BCUT2D eigenvalue weighted by atomic mass is 16.4. The Morgan fingerprint density at radius 1 is 1.40 bits per heavy atom. The van der Waals surface area contributed by atoms with Crippen LogP contribution in [0.4, 0.5) is 5.69 Å². The molecule has 0 radical (unpaired) electrons. The van der Waals surface area contributed by atoms with Crippen molar-refractivity contribution in [2.24, 2.45) is 5.92 Å². The standard InChI is InChI=1S/C15H17NO4/c1-2-14(18)16-11-5-3-4-9(6-11)12-7-10(15(19)20)8-13(12)17/h3-6,10,12H,2,7-8H2,1H3,(H,16,18)(H,19,20)/t10-,12+/m0/s1. The minimum atomic E-state index is -0.920. The van der Waals surface area contributed by atoms with Gasteiger partial charge >= 0.3 is 5.97 Å². The van der Waals surface area contributed by atoms with Gasteiger partial charge in [0.25, 0.3) is 0 Å². The van der Waals surface area contributed by atoms with Crippen molar-refractivity contribution in [2.75, 3.05) is 5.32 Å². The Morgan fingerprint density at radius 2 is 2.15 bits per heavy atom. The normalized spacial score (nSPS) is 21.8. The molecule has 0 spiro atoms. The number of carboxylic acid groups (broad SMARTS) is 1. The second-order valence-electron chi connectivity index (χ2n) is 5.02. The zero-order chi connectivity index (χ0) is 14.7. The molecular weight excluding hydrogens is 258 g/mol. The first kappa shape index (κ1) is 14.2. The molecule has 0 unspecified atom stereocenters. The van der Waals surface area contributed by atoms with E-state index in [0.717, 1.165) is 5.56 Å². The van der Waals surface area contributed by atoms with E-state index < -0.39 is 11.9 Å². The number of amides is 1. The number of carbonyl (C=O) groups is 3. The van der Waals surface area contributed by atoms with Gasteiger partial charge in [0.15, 0.2) is 0 Å². The minimum absolute atomic E-state index is 0.0450. The minimum Gasteiger partial charge on any atom is -0.481 e. The predicted octanol–water partition coefficient (Wildman–Crippen LogP) is 2.18. The first-order valence-electron chi connectivity index (χ1n) is 6.66. The Labute approximate surface area is 117 Å². The smallest absolute Gasteiger partial charge is 0.306 e. The fourth-order valence-corrected chi connectivity index (χ4v) is 2.48. The van der Waals surface area contributed by atoms with E-state index in [-0.39, 0.29) is 24.0 Å². The SMILES string of the molecule is CCC(=O)Nc1cccc([C@H]2C[C@H](C(=O)O)CC2=O)c1. The summed E-state index contributed by atoms with van der Waals surface area (Å²) in [6.45, 7) is 1.76. The van der Waals surface area contributed by atoms with Gasteiger partial charge in [0.2, 0.25) is 5.91 Å².